The van der Waals surface area contributed by atoms with E-state index >= 15 is 0 Å². The summed E-state index contributed by atoms with van der Waals surface area (Å²) in [6.07, 6.45) is 5.24. The molecule has 21 heavy (non-hydrogen) atoms. The summed E-state index contributed by atoms with van der Waals surface area (Å²) in [4.78, 5) is 15.0. The number of fused-ring (bicyclic) bond motifs is 1. The van der Waals surface area contributed by atoms with Gasteiger partial charge in [-0.1, -0.05) is 29.7 Å². The lowest BCUT2D eigenvalue weighted by atomic mass is 9.95. The first-order valence-corrected chi connectivity index (χ1v) is 6.83. The number of hydrogen-bond acceptors (Lipinski definition) is 1. The van der Waals surface area contributed by atoms with Crippen LogP contribution in [0.2, 0.25) is 0 Å². The topological polar surface area (TPSA) is 44.9 Å². The van der Waals surface area contributed by atoms with E-state index in [1.807, 2.05) is 68.7 Å². The minimum atomic E-state index is -0.134. The Morgan fingerprint density at radius 2 is 1.90 bits per heavy atom. The van der Waals surface area contributed by atoms with E-state index in [2.05, 4.69) is 10.3 Å². The van der Waals surface area contributed by atoms with Gasteiger partial charge in [-0.25, -0.2) is 0 Å². The number of hydrogen-bond donors (Lipinski definition) is 2. The summed E-state index contributed by atoms with van der Waals surface area (Å²) < 4.78 is 0. The third-order valence-corrected chi connectivity index (χ3v) is 3.33. The molecule has 2 aromatic carbocycles. The van der Waals surface area contributed by atoms with E-state index in [0.29, 0.717) is 0 Å². The molecule has 0 aliphatic carbocycles. The Kier molecular flexibility index (Phi) is 3.60. The molecule has 0 aliphatic rings. The highest BCUT2D eigenvalue weighted by atomic mass is 16.1. The van der Waals surface area contributed by atoms with Gasteiger partial charge in [0.15, 0.2) is 0 Å². The molecule has 0 atom stereocenters. The minimum absolute atomic E-state index is 0.134. The molecule has 0 spiro atoms. The Labute approximate surface area is 124 Å². The van der Waals surface area contributed by atoms with Crippen molar-refractivity contribution in [2.75, 3.05) is 5.32 Å². The summed E-state index contributed by atoms with van der Waals surface area (Å²) in [6.45, 7) is 0. The Hall–Kier alpha value is -2.75. The number of benzene rings is 2. The zero-order chi connectivity index (χ0) is 14.7. The van der Waals surface area contributed by atoms with Gasteiger partial charge in [-0.3, -0.25) is 4.79 Å². The van der Waals surface area contributed by atoms with Crippen LogP contribution in [-0.4, -0.2) is 18.7 Å². The molecule has 0 saturated heterocycles. The first-order valence-electron chi connectivity index (χ1n) is 6.83. The molecule has 0 fully saturated rings. The largest absolute Gasteiger partial charge is 0.361 e. The van der Waals surface area contributed by atoms with Crippen LogP contribution >= 0.6 is 0 Å². The maximum atomic E-state index is 11.9. The lowest BCUT2D eigenvalue weighted by molar-refractivity contribution is -0.111. The number of amides is 1. The molecule has 0 saturated carbocycles. The first-order chi connectivity index (χ1) is 10.2. The third kappa shape index (κ3) is 3.23. The van der Waals surface area contributed by atoms with Crippen LogP contribution in [0.15, 0.2) is 60.8 Å². The molecule has 1 aromatic heterocycles. The van der Waals surface area contributed by atoms with Crippen molar-refractivity contribution < 1.29 is 4.79 Å². The number of H-pyrrole nitrogens is 1. The van der Waals surface area contributed by atoms with Crippen molar-refractivity contribution in [2.24, 2.45) is 0 Å². The number of aromatic nitrogens is 1. The molecule has 3 nitrogen and oxygen atoms in total. The molecule has 102 valence electrons. The Morgan fingerprint density at radius 1 is 1.10 bits per heavy atom. The number of anilines is 1. The molecule has 3 rings (SSSR count). The average Bonchev–Trinajstić information content (AvgIpc) is 2.94. The lowest BCUT2D eigenvalue weighted by Gasteiger charge is -2.02. The summed E-state index contributed by atoms with van der Waals surface area (Å²) in [5.41, 5.74) is 4.07. The molecular weight excluding hydrogens is 259 g/mol. The molecule has 1 amide bonds. The van der Waals surface area contributed by atoms with E-state index in [0.717, 1.165) is 22.2 Å². The summed E-state index contributed by atoms with van der Waals surface area (Å²) >= 11 is 0. The lowest BCUT2D eigenvalue weighted by Crippen LogP contribution is -2.07. The highest BCUT2D eigenvalue weighted by molar-refractivity contribution is 6.32. The molecular formula is C17H15BN2O. The Morgan fingerprint density at radius 3 is 2.71 bits per heavy atom. The molecule has 4 heteroatoms. The smallest absolute Gasteiger partial charge is 0.248 e. The highest BCUT2D eigenvalue weighted by Crippen LogP contribution is 2.17. The molecule has 0 aliphatic heterocycles. The second kappa shape index (κ2) is 5.71. The van der Waals surface area contributed by atoms with Gasteiger partial charge in [0.2, 0.25) is 5.91 Å². The molecule has 0 radical (unpaired) electrons. The van der Waals surface area contributed by atoms with E-state index < -0.39 is 0 Å². The zero-order valence-corrected chi connectivity index (χ0v) is 11.8. The van der Waals surface area contributed by atoms with Gasteiger partial charge in [0.05, 0.1) is 0 Å². The van der Waals surface area contributed by atoms with Gasteiger partial charge in [0.1, 0.15) is 7.85 Å². The van der Waals surface area contributed by atoms with Gasteiger partial charge in [0, 0.05) is 28.9 Å². The monoisotopic (exact) mass is 274 g/mol. The first kappa shape index (κ1) is 13.2. The fourth-order valence-electron chi connectivity index (χ4n) is 2.16. The maximum absolute atomic E-state index is 11.9. The highest BCUT2D eigenvalue weighted by Gasteiger charge is 2.00. The van der Waals surface area contributed by atoms with Crippen LogP contribution in [0.1, 0.15) is 5.56 Å². The van der Waals surface area contributed by atoms with Crippen molar-refractivity contribution in [1.82, 2.24) is 4.98 Å². The van der Waals surface area contributed by atoms with Crippen molar-refractivity contribution in [1.29, 1.82) is 0 Å². The van der Waals surface area contributed by atoms with Crippen molar-refractivity contribution in [3.8, 4) is 0 Å². The van der Waals surface area contributed by atoms with Gasteiger partial charge < -0.3 is 10.3 Å². The van der Waals surface area contributed by atoms with Gasteiger partial charge in [0.25, 0.3) is 0 Å². The second-order valence-electron chi connectivity index (χ2n) is 5.01. The third-order valence-electron chi connectivity index (χ3n) is 3.33. The molecule has 2 N–H and O–H groups in total. The van der Waals surface area contributed by atoms with Crippen LogP contribution in [0.5, 0.6) is 0 Å². The molecule has 0 bridgehead atoms. The average molecular weight is 274 g/mol. The number of aromatic amines is 1. The van der Waals surface area contributed by atoms with E-state index in [1.54, 1.807) is 6.08 Å². The van der Waals surface area contributed by atoms with Gasteiger partial charge in [-0.05, 0) is 35.9 Å². The van der Waals surface area contributed by atoms with E-state index in [4.69, 9.17) is 0 Å². The zero-order valence-electron chi connectivity index (χ0n) is 11.8. The summed E-state index contributed by atoms with van der Waals surface area (Å²) in [6, 6.07) is 15.8. The van der Waals surface area contributed by atoms with Gasteiger partial charge in [-0.2, -0.15) is 0 Å². The standard InChI is InChI=1S/C17H15BN2O/c18-14-4-1-12(2-5-14)3-8-17(21)20-15-6-7-16-13(11-15)9-10-19-16/h1-11,19H,18H2,(H,20,21)/b8-3+. The molecule has 1 heterocycles. The van der Waals surface area contributed by atoms with Crippen LogP contribution in [0.25, 0.3) is 17.0 Å². The summed E-state index contributed by atoms with van der Waals surface area (Å²) in [5.74, 6) is -0.134. The van der Waals surface area contributed by atoms with Crippen LogP contribution < -0.4 is 10.8 Å². The van der Waals surface area contributed by atoms with Crippen molar-refractivity contribution in [3.05, 3.63) is 66.4 Å². The predicted octanol–water partition coefficient (Wildman–Crippen LogP) is 2.08. The normalized spacial score (nSPS) is 11.0. The van der Waals surface area contributed by atoms with Crippen molar-refractivity contribution >= 4 is 41.9 Å². The SMILES string of the molecule is Bc1ccc(/C=C/C(=O)Nc2ccc3[nH]ccc3c2)cc1. The van der Waals surface area contributed by atoms with Crippen molar-refractivity contribution in [2.45, 2.75) is 0 Å². The molecule has 3 aromatic rings. The fraction of sp³-hybridized carbons (Fsp3) is 0. The van der Waals surface area contributed by atoms with E-state index in [1.165, 1.54) is 5.46 Å². The van der Waals surface area contributed by atoms with Crippen LogP contribution in [0.4, 0.5) is 5.69 Å². The molecule has 0 unspecified atom stereocenters. The number of rotatable bonds is 3. The number of nitrogens with one attached hydrogen (secondary N) is 2. The van der Waals surface area contributed by atoms with E-state index in [9.17, 15) is 4.79 Å². The number of carbonyl (C=O) groups is 1. The Bertz CT molecular complexity index is 803. The maximum Gasteiger partial charge on any atom is 0.248 e. The van der Waals surface area contributed by atoms with Crippen LogP contribution in [0.3, 0.4) is 0 Å². The van der Waals surface area contributed by atoms with Crippen LogP contribution in [0, 0.1) is 0 Å². The minimum Gasteiger partial charge on any atom is -0.361 e. The second-order valence-corrected chi connectivity index (χ2v) is 5.01. The quantitative estimate of drug-likeness (QED) is 0.557. The summed E-state index contributed by atoms with van der Waals surface area (Å²) in [7, 11) is 2.04. The van der Waals surface area contributed by atoms with Gasteiger partial charge >= 0.3 is 0 Å². The Balaban J connectivity index is 1.69. The van der Waals surface area contributed by atoms with Crippen molar-refractivity contribution in [3.63, 3.8) is 0 Å². The van der Waals surface area contributed by atoms with Crippen LogP contribution in [-0.2, 0) is 4.79 Å². The summed E-state index contributed by atoms with van der Waals surface area (Å²) in [5, 5.41) is 3.94. The predicted molar refractivity (Wildman–Crippen MR) is 90.6 cm³/mol. The number of carbonyl (C=O) groups excluding carboxylic acids is 1. The van der Waals surface area contributed by atoms with E-state index in [-0.39, 0.29) is 5.91 Å². The fourth-order valence-corrected chi connectivity index (χ4v) is 2.16. The van der Waals surface area contributed by atoms with Gasteiger partial charge in [-0.15, -0.1) is 0 Å².